The Morgan fingerprint density at radius 2 is 1.70 bits per heavy atom. The molecular weight excluding hydrogens is 335 g/mol. The summed E-state index contributed by atoms with van der Waals surface area (Å²) in [5.74, 6) is 0.487. The predicted molar refractivity (Wildman–Crippen MR) is 90.2 cm³/mol. The Bertz CT molecular complexity index is 1020. The monoisotopic (exact) mass is 342 g/mol. The molecule has 0 aliphatic heterocycles. The second-order valence-electron chi connectivity index (χ2n) is 4.76. The van der Waals surface area contributed by atoms with Crippen molar-refractivity contribution in [3.8, 4) is 0 Å². The van der Waals surface area contributed by atoms with E-state index in [0.29, 0.717) is 32.6 Å². The number of nitrogens with one attached hydrogen (secondary N) is 1. The lowest BCUT2D eigenvalue weighted by molar-refractivity contribution is 0.871. The molecule has 0 saturated carbocycles. The number of benzene rings is 2. The number of anilines is 2. The van der Waals surface area contributed by atoms with Gasteiger partial charge in [0, 0.05) is 6.07 Å². The Hall–Kier alpha value is -2.57. The average molecular weight is 343 g/mol. The second-order valence-corrected chi connectivity index (χ2v) is 5.54. The van der Waals surface area contributed by atoms with E-state index < -0.39 is 0 Å². The summed E-state index contributed by atoms with van der Waals surface area (Å²) in [6, 6.07) is 11.0. The van der Waals surface area contributed by atoms with Crippen LogP contribution in [0.15, 0.2) is 42.6 Å². The van der Waals surface area contributed by atoms with Crippen molar-refractivity contribution in [3.63, 3.8) is 0 Å². The number of rotatable bonds is 2. The van der Waals surface area contributed by atoms with E-state index in [1.165, 1.54) is 6.20 Å². The first-order chi connectivity index (χ1) is 11.2. The molecule has 0 bridgehead atoms. The first-order valence-electron chi connectivity index (χ1n) is 6.68. The first kappa shape index (κ1) is 14.0. The van der Waals surface area contributed by atoms with Gasteiger partial charge in [-0.05, 0) is 23.4 Å². The summed E-state index contributed by atoms with van der Waals surface area (Å²) in [6.45, 7) is 0. The van der Waals surface area contributed by atoms with Gasteiger partial charge in [0.2, 0.25) is 0 Å². The van der Waals surface area contributed by atoms with Crippen molar-refractivity contribution in [1.82, 2.24) is 25.4 Å². The van der Waals surface area contributed by atoms with Gasteiger partial charge in [0.15, 0.2) is 5.82 Å². The molecule has 0 amide bonds. The lowest BCUT2D eigenvalue weighted by Gasteiger charge is -2.11. The van der Waals surface area contributed by atoms with E-state index >= 15 is 0 Å². The van der Waals surface area contributed by atoms with E-state index in [2.05, 4.69) is 30.7 Å². The third kappa shape index (κ3) is 2.52. The fourth-order valence-corrected chi connectivity index (χ4v) is 2.64. The summed E-state index contributed by atoms with van der Waals surface area (Å²) in [4.78, 5) is 9.23. The third-order valence-corrected chi connectivity index (χ3v) is 4.07. The molecule has 112 valence electrons. The van der Waals surface area contributed by atoms with Crippen molar-refractivity contribution in [2.24, 2.45) is 0 Å². The number of halogens is 2. The van der Waals surface area contributed by atoms with Gasteiger partial charge in [0.05, 0.1) is 38.5 Å². The summed E-state index contributed by atoms with van der Waals surface area (Å²) in [5.41, 5.74) is 3.34. The van der Waals surface area contributed by atoms with Crippen molar-refractivity contribution in [2.75, 3.05) is 5.32 Å². The molecule has 23 heavy (non-hydrogen) atoms. The van der Waals surface area contributed by atoms with Gasteiger partial charge < -0.3 is 5.32 Å². The quantitative estimate of drug-likeness (QED) is 0.554. The van der Waals surface area contributed by atoms with Gasteiger partial charge in [0.1, 0.15) is 5.52 Å². The molecule has 8 heteroatoms. The lowest BCUT2D eigenvalue weighted by Crippen LogP contribution is -2.00. The smallest absolute Gasteiger partial charge is 0.156 e. The van der Waals surface area contributed by atoms with Crippen molar-refractivity contribution in [3.05, 3.63) is 52.6 Å². The Morgan fingerprint density at radius 3 is 2.43 bits per heavy atom. The number of nitrogens with zero attached hydrogens (tertiary/aromatic N) is 5. The molecule has 0 fully saturated rings. The average Bonchev–Trinajstić information content (AvgIpc) is 2.58. The molecule has 1 N–H and O–H groups in total. The molecule has 0 unspecified atom stereocenters. The third-order valence-electron chi connectivity index (χ3n) is 3.28. The molecule has 0 atom stereocenters. The largest absolute Gasteiger partial charge is 0.336 e. The van der Waals surface area contributed by atoms with Crippen LogP contribution in [0.4, 0.5) is 11.5 Å². The van der Waals surface area contributed by atoms with Crippen LogP contribution in [-0.4, -0.2) is 25.4 Å². The molecular formula is C15H8Cl2N6. The van der Waals surface area contributed by atoms with E-state index in [-0.39, 0.29) is 0 Å². The molecule has 2 aromatic heterocycles. The van der Waals surface area contributed by atoms with Crippen molar-refractivity contribution in [1.29, 1.82) is 0 Å². The zero-order valence-electron chi connectivity index (χ0n) is 11.5. The Morgan fingerprint density at radius 1 is 0.913 bits per heavy atom. The standard InChI is InChI=1S/C15H8Cl2N6/c16-8-7-11-14(20-10-4-2-1-3-9(10)19-11)15(13(8)17)21-12-5-6-18-23-22-12/h1-7H,(H,18,21,22). The van der Waals surface area contributed by atoms with Crippen LogP contribution in [0.25, 0.3) is 22.1 Å². The van der Waals surface area contributed by atoms with E-state index in [4.69, 9.17) is 23.2 Å². The van der Waals surface area contributed by atoms with Crippen molar-refractivity contribution in [2.45, 2.75) is 0 Å². The van der Waals surface area contributed by atoms with Crippen LogP contribution in [-0.2, 0) is 0 Å². The second kappa shape index (κ2) is 5.57. The minimum atomic E-state index is 0.349. The van der Waals surface area contributed by atoms with Crippen LogP contribution in [0.2, 0.25) is 10.0 Å². The highest BCUT2D eigenvalue weighted by Crippen LogP contribution is 2.37. The minimum absolute atomic E-state index is 0.349. The highest BCUT2D eigenvalue weighted by atomic mass is 35.5. The molecule has 2 heterocycles. The van der Waals surface area contributed by atoms with Gasteiger partial charge >= 0.3 is 0 Å². The maximum atomic E-state index is 6.35. The van der Waals surface area contributed by atoms with Gasteiger partial charge in [-0.2, -0.15) is 0 Å². The van der Waals surface area contributed by atoms with E-state index in [1.807, 2.05) is 24.3 Å². The first-order valence-corrected chi connectivity index (χ1v) is 7.44. The van der Waals surface area contributed by atoms with E-state index in [1.54, 1.807) is 12.1 Å². The highest BCUT2D eigenvalue weighted by molar-refractivity contribution is 6.45. The molecule has 4 aromatic rings. The van der Waals surface area contributed by atoms with Gasteiger partial charge in [-0.1, -0.05) is 35.3 Å². The molecule has 0 radical (unpaired) electrons. The maximum absolute atomic E-state index is 6.35. The lowest BCUT2D eigenvalue weighted by atomic mass is 10.2. The SMILES string of the molecule is Clc1cc2nc3ccccc3nc2c(Nc2ccnnn2)c1Cl. The van der Waals surface area contributed by atoms with E-state index in [0.717, 1.165) is 11.0 Å². The Balaban J connectivity index is 2.00. The molecule has 0 aliphatic carbocycles. The zero-order valence-corrected chi connectivity index (χ0v) is 13.0. The normalized spacial score (nSPS) is 11.0. The van der Waals surface area contributed by atoms with Crippen molar-refractivity contribution < 1.29 is 0 Å². The summed E-state index contributed by atoms with van der Waals surface area (Å²) in [7, 11) is 0. The zero-order chi connectivity index (χ0) is 15.8. The van der Waals surface area contributed by atoms with Gasteiger partial charge in [-0.15, -0.1) is 10.2 Å². The van der Waals surface area contributed by atoms with Gasteiger partial charge in [-0.3, -0.25) is 0 Å². The molecule has 2 aromatic carbocycles. The number of fused-ring (bicyclic) bond motifs is 2. The molecule has 4 rings (SSSR count). The van der Waals surface area contributed by atoms with Crippen LogP contribution < -0.4 is 5.32 Å². The van der Waals surface area contributed by atoms with Gasteiger partial charge in [-0.25, -0.2) is 9.97 Å². The van der Waals surface area contributed by atoms with Crippen molar-refractivity contribution >= 4 is 56.8 Å². The van der Waals surface area contributed by atoms with Crippen LogP contribution in [0.3, 0.4) is 0 Å². The summed E-state index contributed by atoms with van der Waals surface area (Å²) < 4.78 is 0. The predicted octanol–water partition coefficient (Wildman–Crippen LogP) is 4.02. The van der Waals surface area contributed by atoms with Gasteiger partial charge in [0.25, 0.3) is 0 Å². The molecule has 0 spiro atoms. The molecule has 0 aliphatic rings. The summed E-state index contributed by atoms with van der Waals surface area (Å²) in [5, 5.41) is 14.9. The van der Waals surface area contributed by atoms with Crippen LogP contribution >= 0.6 is 23.2 Å². The molecule has 0 saturated heterocycles. The van der Waals surface area contributed by atoms with E-state index in [9.17, 15) is 0 Å². The Labute approximate surface area is 140 Å². The number of para-hydroxylation sites is 2. The summed E-state index contributed by atoms with van der Waals surface area (Å²) in [6.07, 6.45) is 1.52. The van der Waals surface area contributed by atoms with Crippen LogP contribution in [0.1, 0.15) is 0 Å². The number of hydrogen-bond acceptors (Lipinski definition) is 6. The fraction of sp³-hybridized carbons (Fsp3) is 0. The van der Waals surface area contributed by atoms with Crippen LogP contribution in [0, 0.1) is 0 Å². The fourth-order valence-electron chi connectivity index (χ4n) is 2.25. The topological polar surface area (TPSA) is 76.5 Å². The highest BCUT2D eigenvalue weighted by Gasteiger charge is 2.15. The minimum Gasteiger partial charge on any atom is -0.336 e. The summed E-state index contributed by atoms with van der Waals surface area (Å²) >= 11 is 12.6. The maximum Gasteiger partial charge on any atom is 0.156 e. The number of aromatic nitrogens is 5. The number of hydrogen-bond donors (Lipinski definition) is 1. The van der Waals surface area contributed by atoms with Crippen LogP contribution in [0.5, 0.6) is 0 Å². The Kier molecular flexibility index (Phi) is 3.40. The molecule has 6 nitrogen and oxygen atoms in total.